The summed E-state index contributed by atoms with van der Waals surface area (Å²) in [6.45, 7) is 2.12. The van der Waals surface area contributed by atoms with E-state index in [4.69, 9.17) is 0 Å². The van der Waals surface area contributed by atoms with Crippen LogP contribution in [0.4, 0.5) is 0 Å². The smallest absolute Gasteiger partial charge is 0.0798 e. The zero-order chi connectivity index (χ0) is 10.7. The Bertz CT molecular complexity index is 302. The Hall–Kier alpha value is -0.410. The van der Waals surface area contributed by atoms with Gasteiger partial charge in [0.15, 0.2) is 0 Å². The molecule has 1 N–H and O–H groups in total. The fourth-order valence-electron chi connectivity index (χ4n) is 2.58. The molecule has 1 aromatic heterocycles. The van der Waals surface area contributed by atoms with Crippen LogP contribution in [0.15, 0.2) is 5.51 Å². The van der Waals surface area contributed by atoms with Gasteiger partial charge in [-0.3, -0.25) is 0 Å². The lowest BCUT2D eigenvalue weighted by molar-refractivity contribution is 0.416. The minimum Gasteiger partial charge on any atom is -0.312 e. The highest BCUT2D eigenvalue weighted by molar-refractivity contribution is 7.09. The number of aryl methyl sites for hydroxylation is 1. The van der Waals surface area contributed by atoms with Gasteiger partial charge in [0.2, 0.25) is 0 Å². The van der Waals surface area contributed by atoms with Crippen LogP contribution in [0.3, 0.4) is 0 Å². The molecule has 0 spiro atoms. The van der Waals surface area contributed by atoms with E-state index in [0.29, 0.717) is 6.04 Å². The molecular formula is C12H20N2S. The topological polar surface area (TPSA) is 24.9 Å². The molecule has 0 aromatic carbocycles. The van der Waals surface area contributed by atoms with Gasteiger partial charge in [0.05, 0.1) is 11.2 Å². The summed E-state index contributed by atoms with van der Waals surface area (Å²) in [4.78, 5) is 5.77. The van der Waals surface area contributed by atoms with Crippen molar-refractivity contribution in [1.29, 1.82) is 0 Å². The summed E-state index contributed by atoms with van der Waals surface area (Å²) in [6.07, 6.45) is 7.01. The molecule has 0 aliphatic heterocycles. The highest BCUT2D eigenvalue weighted by Gasteiger charge is 2.22. The summed E-state index contributed by atoms with van der Waals surface area (Å²) >= 11 is 1.79. The maximum Gasteiger partial charge on any atom is 0.0798 e. The minimum atomic E-state index is 0.528. The van der Waals surface area contributed by atoms with E-state index in [9.17, 15) is 0 Å². The maximum absolute atomic E-state index is 4.34. The summed E-state index contributed by atoms with van der Waals surface area (Å²) in [5.74, 6) is 0.934. The third kappa shape index (κ3) is 2.58. The van der Waals surface area contributed by atoms with E-state index in [1.54, 1.807) is 11.3 Å². The van der Waals surface area contributed by atoms with Crippen molar-refractivity contribution in [2.75, 3.05) is 7.05 Å². The van der Waals surface area contributed by atoms with Crippen molar-refractivity contribution in [3.63, 3.8) is 0 Å². The maximum atomic E-state index is 4.34. The van der Waals surface area contributed by atoms with E-state index in [-0.39, 0.29) is 0 Å². The molecule has 1 aromatic rings. The zero-order valence-corrected chi connectivity index (χ0v) is 10.4. The average molecular weight is 224 g/mol. The second kappa shape index (κ2) is 5.08. The van der Waals surface area contributed by atoms with Crippen LogP contribution < -0.4 is 5.32 Å². The van der Waals surface area contributed by atoms with Gasteiger partial charge in [-0.25, -0.2) is 4.98 Å². The lowest BCUT2D eigenvalue weighted by atomic mass is 9.97. The molecule has 2 nitrogen and oxygen atoms in total. The predicted octanol–water partition coefficient (Wildman–Crippen LogP) is 3.29. The molecule has 1 aliphatic carbocycles. The fraction of sp³-hybridized carbons (Fsp3) is 0.750. The molecule has 1 fully saturated rings. The molecule has 1 saturated carbocycles. The summed E-state index contributed by atoms with van der Waals surface area (Å²) in [7, 11) is 2.07. The van der Waals surface area contributed by atoms with Crippen LogP contribution >= 0.6 is 11.3 Å². The van der Waals surface area contributed by atoms with E-state index in [1.165, 1.54) is 42.7 Å². The summed E-state index contributed by atoms with van der Waals surface area (Å²) in [5, 5.41) is 3.44. The molecule has 1 unspecified atom stereocenters. The Labute approximate surface area is 96.1 Å². The second-order valence-corrected chi connectivity index (χ2v) is 5.42. The van der Waals surface area contributed by atoms with Crippen LogP contribution in [0.5, 0.6) is 0 Å². The highest BCUT2D eigenvalue weighted by atomic mass is 32.1. The van der Waals surface area contributed by atoms with Gasteiger partial charge in [0, 0.05) is 10.9 Å². The number of hydrogen-bond donors (Lipinski definition) is 1. The van der Waals surface area contributed by atoms with Gasteiger partial charge in [-0.05, 0) is 26.3 Å². The predicted molar refractivity (Wildman–Crippen MR) is 65.2 cm³/mol. The first kappa shape index (κ1) is 11.1. The average Bonchev–Trinajstić information content (AvgIpc) is 2.85. The Morgan fingerprint density at radius 3 is 2.80 bits per heavy atom. The molecule has 15 heavy (non-hydrogen) atoms. The van der Waals surface area contributed by atoms with E-state index in [1.807, 2.05) is 5.51 Å². The second-order valence-electron chi connectivity index (χ2n) is 4.53. The quantitative estimate of drug-likeness (QED) is 0.849. The van der Waals surface area contributed by atoms with Crippen molar-refractivity contribution >= 4 is 11.3 Å². The monoisotopic (exact) mass is 224 g/mol. The molecule has 0 bridgehead atoms. The van der Waals surface area contributed by atoms with E-state index < -0.39 is 0 Å². The Kier molecular flexibility index (Phi) is 3.76. The summed E-state index contributed by atoms with van der Waals surface area (Å²) in [5.41, 5.74) is 3.17. The normalized spacial score (nSPS) is 19.6. The number of thiazole rings is 1. The van der Waals surface area contributed by atoms with Gasteiger partial charge >= 0.3 is 0 Å². The summed E-state index contributed by atoms with van der Waals surface area (Å²) in [6, 6.07) is 0.528. The number of hydrogen-bond acceptors (Lipinski definition) is 3. The third-order valence-corrected chi connectivity index (χ3v) is 4.54. The standard InChI is InChI=1S/C12H20N2S/c1-9-12(15-8-14-9)11(13-2)7-10-5-3-4-6-10/h8,10-11,13H,3-7H2,1-2H3. The van der Waals surface area contributed by atoms with E-state index in [0.717, 1.165) is 5.92 Å². The van der Waals surface area contributed by atoms with Crippen LogP contribution in [0, 0.1) is 12.8 Å². The first-order valence-corrected chi connectivity index (χ1v) is 6.76. The number of rotatable bonds is 4. The van der Waals surface area contributed by atoms with Gasteiger partial charge in [-0.2, -0.15) is 0 Å². The number of nitrogens with one attached hydrogen (secondary N) is 1. The lowest BCUT2D eigenvalue weighted by Crippen LogP contribution is -2.18. The SMILES string of the molecule is CNC(CC1CCCC1)c1scnc1C. The van der Waals surface area contributed by atoms with Crippen LogP contribution in [0.25, 0.3) is 0 Å². The highest BCUT2D eigenvalue weighted by Crippen LogP contribution is 2.34. The fourth-order valence-corrected chi connectivity index (χ4v) is 3.51. The van der Waals surface area contributed by atoms with Crippen molar-refractivity contribution in [3.8, 4) is 0 Å². The number of aromatic nitrogens is 1. The molecule has 84 valence electrons. The molecule has 0 amide bonds. The Balaban J connectivity index is 2.00. The van der Waals surface area contributed by atoms with Crippen LogP contribution in [0.2, 0.25) is 0 Å². The lowest BCUT2D eigenvalue weighted by Gasteiger charge is -2.19. The van der Waals surface area contributed by atoms with Gasteiger partial charge in [0.25, 0.3) is 0 Å². The van der Waals surface area contributed by atoms with Crippen molar-refractivity contribution in [1.82, 2.24) is 10.3 Å². The third-order valence-electron chi connectivity index (χ3n) is 3.49. The van der Waals surface area contributed by atoms with Crippen molar-refractivity contribution in [2.24, 2.45) is 5.92 Å². The Morgan fingerprint density at radius 1 is 1.53 bits per heavy atom. The molecule has 1 atom stereocenters. The van der Waals surface area contributed by atoms with Crippen LogP contribution in [0.1, 0.15) is 48.7 Å². The summed E-state index contributed by atoms with van der Waals surface area (Å²) < 4.78 is 0. The van der Waals surface area contributed by atoms with Gasteiger partial charge in [0.1, 0.15) is 0 Å². The van der Waals surface area contributed by atoms with Crippen molar-refractivity contribution < 1.29 is 0 Å². The molecule has 0 radical (unpaired) electrons. The molecule has 0 saturated heterocycles. The van der Waals surface area contributed by atoms with Crippen LogP contribution in [-0.4, -0.2) is 12.0 Å². The molecule has 2 rings (SSSR count). The number of nitrogens with zero attached hydrogens (tertiary/aromatic N) is 1. The first-order chi connectivity index (χ1) is 7.31. The van der Waals surface area contributed by atoms with E-state index >= 15 is 0 Å². The van der Waals surface area contributed by atoms with Crippen LogP contribution in [-0.2, 0) is 0 Å². The molecule has 1 heterocycles. The largest absolute Gasteiger partial charge is 0.312 e. The van der Waals surface area contributed by atoms with Gasteiger partial charge in [-0.15, -0.1) is 11.3 Å². The molecule has 1 aliphatic rings. The van der Waals surface area contributed by atoms with Gasteiger partial charge in [-0.1, -0.05) is 25.7 Å². The van der Waals surface area contributed by atoms with E-state index in [2.05, 4.69) is 24.3 Å². The van der Waals surface area contributed by atoms with Crippen molar-refractivity contribution in [2.45, 2.75) is 45.1 Å². The van der Waals surface area contributed by atoms with Gasteiger partial charge < -0.3 is 5.32 Å². The molecule has 3 heteroatoms. The minimum absolute atomic E-state index is 0.528. The van der Waals surface area contributed by atoms with Crippen molar-refractivity contribution in [3.05, 3.63) is 16.1 Å². The molecular weight excluding hydrogens is 204 g/mol. The zero-order valence-electron chi connectivity index (χ0n) is 9.62. The first-order valence-electron chi connectivity index (χ1n) is 5.88. The Morgan fingerprint density at radius 2 is 2.27 bits per heavy atom.